The molecular weight excluding hydrogens is 206 g/mol. The van der Waals surface area contributed by atoms with Gasteiger partial charge in [0.1, 0.15) is 0 Å². The molecule has 0 aromatic carbocycles. The zero-order valence-electron chi connectivity index (χ0n) is 11.9. The SMILES string of the molecule is C=NC1(C)CCC(C(C)C=CC=C(C)C)CC1. The summed E-state index contributed by atoms with van der Waals surface area (Å²) < 4.78 is 0. The molecule has 1 atom stereocenters. The van der Waals surface area contributed by atoms with Gasteiger partial charge in [-0.15, -0.1) is 0 Å². The van der Waals surface area contributed by atoms with Crippen LogP contribution in [0.3, 0.4) is 0 Å². The number of hydrogen-bond acceptors (Lipinski definition) is 1. The van der Waals surface area contributed by atoms with E-state index in [-0.39, 0.29) is 5.54 Å². The van der Waals surface area contributed by atoms with Crippen LogP contribution in [0.1, 0.15) is 53.4 Å². The molecule has 0 aromatic heterocycles. The molecule has 1 rings (SSSR count). The summed E-state index contributed by atoms with van der Waals surface area (Å²) in [5.74, 6) is 1.51. The van der Waals surface area contributed by atoms with Crippen molar-refractivity contribution in [3.05, 3.63) is 23.8 Å². The summed E-state index contributed by atoms with van der Waals surface area (Å²) in [6.07, 6.45) is 11.7. The second-order valence-corrected chi connectivity index (χ2v) is 5.98. The van der Waals surface area contributed by atoms with Gasteiger partial charge in [-0.2, -0.15) is 0 Å². The van der Waals surface area contributed by atoms with Gasteiger partial charge in [0.15, 0.2) is 0 Å². The third kappa shape index (κ3) is 4.49. The fourth-order valence-electron chi connectivity index (χ4n) is 2.53. The fourth-order valence-corrected chi connectivity index (χ4v) is 2.53. The maximum Gasteiger partial charge on any atom is 0.0573 e. The Labute approximate surface area is 107 Å². The van der Waals surface area contributed by atoms with Gasteiger partial charge in [0.2, 0.25) is 0 Å². The molecule has 1 unspecified atom stereocenters. The highest BCUT2D eigenvalue weighted by Crippen LogP contribution is 2.37. The molecular formula is C16H27N. The van der Waals surface area contributed by atoms with Crippen molar-refractivity contribution in [3.8, 4) is 0 Å². The van der Waals surface area contributed by atoms with Crippen molar-refractivity contribution in [1.29, 1.82) is 0 Å². The van der Waals surface area contributed by atoms with Gasteiger partial charge < -0.3 is 0 Å². The number of allylic oxidation sites excluding steroid dienone is 4. The van der Waals surface area contributed by atoms with E-state index in [2.05, 4.69) is 57.6 Å². The molecule has 0 radical (unpaired) electrons. The van der Waals surface area contributed by atoms with Gasteiger partial charge >= 0.3 is 0 Å². The van der Waals surface area contributed by atoms with Crippen molar-refractivity contribution in [2.24, 2.45) is 16.8 Å². The fraction of sp³-hybridized carbons (Fsp3) is 0.688. The second-order valence-electron chi connectivity index (χ2n) is 5.98. The van der Waals surface area contributed by atoms with E-state index < -0.39 is 0 Å². The molecule has 0 aliphatic heterocycles. The summed E-state index contributed by atoms with van der Waals surface area (Å²) in [5.41, 5.74) is 1.51. The van der Waals surface area contributed by atoms with Gasteiger partial charge in [-0.05, 0) is 65.0 Å². The molecule has 1 aliphatic rings. The zero-order valence-corrected chi connectivity index (χ0v) is 11.9. The lowest BCUT2D eigenvalue weighted by molar-refractivity contribution is 0.222. The summed E-state index contributed by atoms with van der Waals surface area (Å²) in [6.45, 7) is 12.6. The molecule has 1 aliphatic carbocycles. The van der Waals surface area contributed by atoms with Crippen LogP contribution < -0.4 is 0 Å². The minimum Gasteiger partial charge on any atom is -0.295 e. The summed E-state index contributed by atoms with van der Waals surface area (Å²) in [5, 5.41) is 0. The lowest BCUT2D eigenvalue weighted by atomic mass is 9.73. The van der Waals surface area contributed by atoms with Gasteiger partial charge in [0, 0.05) is 0 Å². The Kier molecular flexibility index (Phi) is 5.17. The molecule has 0 spiro atoms. The molecule has 1 nitrogen and oxygen atoms in total. The van der Waals surface area contributed by atoms with E-state index in [1.807, 2.05) is 0 Å². The molecule has 0 aromatic rings. The van der Waals surface area contributed by atoms with Crippen LogP contribution in [0.5, 0.6) is 0 Å². The predicted octanol–water partition coefficient (Wildman–Crippen LogP) is 4.79. The standard InChI is InChI=1S/C16H27N/c1-13(2)7-6-8-14(3)15-9-11-16(4,17-5)12-10-15/h6-8,14-15H,5,9-12H2,1-4H3. The monoisotopic (exact) mass is 233 g/mol. The number of rotatable bonds is 4. The predicted molar refractivity (Wildman–Crippen MR) is 77.6 cm³/mol. The van der Waals surface area contributed by atoms with Gasteiger partial charge in [-0.1, -0.05) is 30.7 Å². The molecule has 17 heavy (non-hydrogen) atoms. The largest absolute Gasteiger partial charge is 0.295 e. The highest BCUT2D eigenvalue weighted by molar-refractivity contribution is 5.26. The van der Waals surface area contributed by atoms with Gasteiger partial charge in [0.25, 0.3) is 0 Å². The Morgan fingerprint density at radius 2 is 1.94 bits per heavy atom. The summed E-state index contributed by atoms with van der Waals surface area (Å²) in [6, 6.07) is 0. The van der Waals surface area contributed by atoms with Crippen LogP contribution in [0.4, 0.5) is 0 Å². The van der Waals surface area contributed by atoms with Crippen LogP contribution in [0.15, 0.2) is 28.8 Å². The Morgan fingerprint density at radius 3 is 2.41 bits per heavy atom. The maximum atomic E-state index is 4.28. The van der Waals surface area contributed by atoms with E-state index >= 15 is 0 Å². The summed E-state index contributed by atoms with van der Waals surface area (Å²) in [7, 11) is 0. The Balaban J connectivity index is 2.46. The normalized spacial score (nSPS) is 31.2. The Bertz CT molecular complexity index is 299. The van der Waals surface area contributed by atoms with Crippen LogP contribution in [0, 0.1) is 11.8 Å². The quantitative estimate of drug-likeness (QED) is 0.489. The minimum absolute atomic E-state index is 0.153. The van der Waals surface area contributed by atoms with E-state index in [1.165, 1.54) is 31.3 Å². The van der Waals surface area contributed by atoms with Crippen molar-refractivity contribution in [2.75, 3.05) is 0 Å². The highest BCUT2D eigenvalue weighted by Gasteiger charge is 2.31. The topological polar surface area (TPSA) is 12.4 Å². The molecule has 0 amide bonds. The molecule has 0 bridgehead atoms. The van der Waals surface area contributed by atoms with Crippen molar-refractivity contribution in [1.82, 2.24) is 0 Å². The first kappa shape index (κ1) is 14.2. The molecule has 1 heteroatoms. The average molecular weight is 233 g/mol. The number of aliphatic imine (C=N–C) groups is 1. The molecule has 1 fully saturated rings. The highest BCUT2D eigenvalue weighted by atomic mass is 14.8. The number of hydrogen-bond donors (Lipinski definition) is 0. The van der Waals surface area contributed by atoms with Crippen molar-refractivity contribution in [2.45, 2.75) is 58.9 Å². The summed E-state index contributed by atoms with van der Waals surface area (Å²) >= 11 is 0. The molecule has 96 valence electrons. The third-order valence-electron chi connectivity index (χ3n) is 4.08. The summed E-state index contributed by atoms with van der Waals surface area (Å²) in [4.78, 5) is 4.28. The smallest absolute Gasteiger partial charge is 0.0573 e. The molecule has 0 N–H and O–H groups in total. The first-order valence-corrected chi connectivity index (χ1v) is 6.76. The van der Waals surface area contributed by atoms with E-state index in [1.54, 1.807) is 0 Å². The van der Waals surface area contributed by atoms with E-state index in [0.29, 0.717) is 5.92 Å². The first-order chi connectivity index (χ1) is 7.97. The first-order valence-electron chi connectivity index (χ1n) is 6.76. The molecule has 0 saturated heterocycles. The van der Waals surface area contributed by atoms with Crippen molar-refractivity contribution < 1.29 is 0 Å². The van der Waals surface area contributed by atoms with Crippen molar-refractivity contribution >= 4 is 6.72 Å². The molecule has 0 heterocycles. The van der Waals surface area contributed by atoms with Gasteiger partial charge in [-0.3, -0.25) is 4.99 Å². The maximum absolute atomic E-state index is 4.28. The van der Waals surface area contributed by atoms with E-state index in [9.17, 15) is 0 Å². The molecule has 1 saturated carbocycles. The van der Waals surface area contributed by atoms with Crippen molar-refractivity contribution in [3.63, 3.8) is 0 Å². The lowest BCUT2D eigenvalue weighted by Gasteiger charge is -2.36. The minimum atomic E-state index is 0.153. The van der Waals surface area contributed by atoms with Gasteiger partial charge in [-0.25, -0.2) is 0 Å². The van der Waals surface area contributed by atoms with Crippen LogP contribution in [0.2, 0.25) is 0 Å². The second kappa shape index (κ2) is 6.18. The van der Waals surface area contributed by atoms with Crippen LogP contribution in [-0.4, -0.2) is 12.3 Å². The van der Waals surface area contributed by atoms with Crippen LogP contribution >= 0.6 is 0 Å². The van der Waals surface area contributed by atoms with Crippen LogP contribution in [0.25, 0.3) is 0 Å². The Hall–Kier alpha value is -0.850. The average Bonchev–Trinajstić information content (AvgIpc) is 2.29. The Morgan fingerprint density at radius 1 is 1.35 bits per heavy atom. The zero-order chi connectivity index (χ0) is 12.9. The lowest BCUT2D eigenvalue weighted by Crippen LogP contribution is -2.30. The van der Waals surface area contributed by atoms with Gasteiger partial charge in [0.05, 0.1) is 5.54 Å². The van der Waals surface area contributed by atoms with Crippen LogP contribution in [-0.2, 0) is 0 Å². The number of nitrogens with zero attached hydrogens (tertiary/aromatic N) is 1. The van der Waals surface area contributed by atoms with E-state index in [0.717, 1.165) is 5.92 Å². The van der Waals surface area contributed by atoms with E-state index in [4.69, 9.17) is 0 Å². The third-order valence-corrected chi connectivity index (χ3v) is 4.08.